The summed E-state index contributed by atoms with van der Waals surface area (Å²) < 4.78 is 10.2. The summed E-state index contributed by atoms with van der Waals surface area (Å²) in [6.45, 7) is 5.60. The van der Waals surface area contributed by atoms with E-state index in [4.69, 9.17) is 9.47 Å². The predicted molar refractivity (Wildman–Crippen MR) is 127 cm³/mol. The minimum atomic E-state index is -0.718. The topological polar surface area (TPSA) is 119 Å². The van der Waals surface area contributed by atoms with E-state index in [9.17, 15) is 24.3 Å². The maximum Gasteiger partial charge on any atom is 0.412 e. The van der Waals surface area contributed by atoms with E-state index in [2.05, 4.69) is 5.32 Å². The van der Waals surface area contributed by atoms with Crippen molar-refractivity contribution in [2.24, 2.45) is 5.41 Å². The zero-order chi connectivity index (χ0) is 24.4. The fraction of sp³-hybridized carbons (Fsp3) is 0.304. The number of esters is 1. The average molecular weight is 492 g/mol. The number of benzene rings is 2. The highest BCUT2D eigenvalue weighted by atomic mass is 33.1. The van der Waals surface area contributed by atoms with Gasteiger partial charge in [0.15, 0.2) is 0 Å². The number of carbonyl (C=O) groups excluding carboxylic acids is 4. The van der Waals surface area contributed by atoms with Gasteiger partial charge in [0.1, 0.15) is 18.1 Å². The number of ether oxygens (including phenoxy) is 2. The third-order valence-electron chi connectivity index (χ3n) is 4.64. The summed E-state index contributed by atoms with van der Waals surface area (Å²) in [5.74, 6) is -0.0528. The standard InChI is InChI=1S/C23H25NO7S2/c1-4-23(2,3)21(28)30-14-13-24-22(29)31-18-11-7-16(8-12-18)20(27)33-32-19(26)15-5-9-17(25)10-6-15/h5-12,25H,4,13-14H2,1-3H3,(H,24,29). The van der Waals surface area contributed by atoms with Gasteiger partial charge in [-0.1, -0.05) is 6.92 Å². The summed E-state index contributed by atoms with van der Waals surface area (Å²) in [6.07, 6.45) is -0.0737. The fourth-order valence-electron chi connectivity index (χ4n) is 2.21. The number of carbonyl (C=O) groups is 4. The van der Waals surface area contributed by atoms with Crippen molar-refractivity contribution in [3.8, 4) is 11.5 Å². The van der Waals surface area contributed by atoms with E-state index < -0.39 is 11.5 Å². The molecule has 10 heteroatoms. The molecule has 0 saturated carbocycles. The van der Waals surface area contributed by atoms with Crippen LogP contribution in [0.2, 0.25) is 0 Å². The number of phenols is 1. The third-order valence-corrected chi connectivity index (χ3v) is 6.65. The highest BCUT2D eigenvalue weighted by Gasteiger charge is 2.26. The molecule has 0 aliphatic carbocycles. The van der Waals surface area contributed by atoms with Crippen molar-refractivity contribution < 1.29 is 33.8 Å². The van der Waals surface area contributed by atoms with Crippen LogP contribution in [0, 0.1) is 5.41 Å². The number of hydrogen-bond donors (Lipinski definition) is 2. The van der Waals surface area contributed by atoms with E-state index in [-0.39, 0.29) is 40.9 Å². The van der Waals surface area contributed by atoms with Gasteiger partial charge in [-0.3, -0.25) is 14.4 Å². The molecule has 1 amide bonds. The molecule has 2 rings (SSSR count). The van der Waals surface area contributed by atoms with Crippen molar-refractivity contribution in [3.05, 3.63) is 59.7 Å². The first-order valence-electron chi connectivity index (χ1n) is 10.1. The van der Waals surface area contributed by atoms with Crippen LogP contribution in [0.15, 0.2) is 48.5 Å². The first-order valence-corrected chi connectivity index (χ1v) is 12.2. The van der Waals surface area contributed by atoms with Gasteiger partial charge in [0.2, 0.25) is 10.2 Å². The summed E-state index contributed by atoms with van der Waals surface area (Å²) in [7, 11) is 1.56. The van der Waals surface area contributed by atoms with Crippen LogP contribution in [0.25, 0.3) is 0 Å². The highest BCUT2D eigenvalue weighted by molar-refractivity contribution is 8.87. The molecule has 0 aliphatic rings. The molecular formula is C23H25NO7S2. The van der Waals surface area contributed by atoms with Gasteiger partial charge >= 0.3 is 12.1 Å². The van der Waals surface area contributed by atoms with Gasteiger partial charge in [-0.05, 0) is 90.4 Å². The zero-order valence-corrected chi connectivity index (χ0v) is 20.1. The van der Waals surface area contributed by atoms with Crippen LogP contribution in [0.5, 0.6) is 11.5 Å². The van der Waals surface area contributed by atoms with E-state index in [0.717, 1.165) is 21.6 Å². The van der Waals surface area contributed by atoms with Crippen molar-refractivity contribution in [1.82, 2.24) is 5.32 Å². The monoisotopic (exact) mass is 491 g/mol. The van der Waals surface area contributed by atoms with E-state index in [1.165, 1.54) is 48.5 Å². The van der Waals surface area contributed by atoms with Crippen molar-refractivity contribution in [2.75, 3.05) is 13.2 Å². The number of amides is 1. The minimum Gasteiger partial charge on any atom is -0.508 e. The summed E-state index contributed by atoms with van der Waals surface area (Å²) >= 11 is 0. The predicted octanol–water partition coefficient (Wildman–Crippen LogP) is 4.82. The molecule has 2 aromatic carbocycles. The van der Waals surface area contributed by atoms with Crippen LogP contribution in [0.4, 0.5) is 4.79 Å². The van der Waals surface area contributed by atoms with Crippen molar-refractivity contribution in [1.29, 1.82) is 0 Å². The molecule has 0 spiro atoms. The number of phenolic OH excluding ortho intramolecular Hbond substituents is 1. The maximum atomic E-state index is 12.3. The number of hydrogen-bond acceptors (Lipinski definition) is 9. The molecule has 0 radical (unpaired) electrons. The summed E-state index contributed by atoms with van der Waals surface area (Å²) in [5, 5.41) is 11.1. The molecule has 2 aromatic rings. The Bertz CT molecular complexity index is 989. The lowest BCUT2D eigenvalue weighted by molar-refractivity contribution is -0.153. The molecule has 33 heavy (non-hydrogen) atoms. The Morgan fingerprint density at radius 3 is 1.94 bits per heavy atom. The molecule has 2 N–H and O–H groups in total. The second-order valence-electron chi connectivity index (χ2n) is 7.50. The van der Waals surface area contributed by atoms with Crippen LogP contribution < -0.4 is 10.1 Å². The van der Waals surface area contributed by atoms with Crippen LogP contribution >= 0.6 is 21.6 Å². The molecule has 0 heterocycles. The molecule has 0 saturated heterocycles. The second kappa shape index (κ2) is 12.3. The molecule has 0 aromatic heterocycles. The quantitative estimate of drug-likeness (QED) is 0.304. The summed E-state index contributed by atoms with van der Waals surface area (Å²) in [5.41, 5.74) is 0.135. The van der Waals surface area contributed by atoms with Gasteiger partial charge in [-0.25, -0.2) is 4.79 Å². The number of rotatable bonds is 8. The Balaban J connectivity index is 1.74. The lowest BCUT2D eigenvalue weighted by atomic mass is 9.91. The van der Waals surface area contributed by atoms with Crippen LogP contribution in [0.1, 0.15) is 47.9 Å². The normalized spacial score (nSPS) is 10.9. The Labute approximate surface area is 199 Å². The smallest absolute Gasteiger partial charge is 0.412 e. The van der Waals surface area contributed by atoms with Gasteiger partial charge in [0.25, 0.3) is 0 Å². The summed E-state index contributed by atoms with van der Waals surface area (Å²) in [6, 6.07) is 11.6. The SMILES string of the molecule is CCC(C)(C)C(=O)OCCNC(=O)Oc1ccc(C(=O)SSC(=O)c2ccc(O)cc2)cc1. The highest BCUT2D eigenvalue weighted by Crippen LogP contribution is 2.30. The molecule has 0 aliphatic heterocycles. The van der Waals surface area contributed by atoms with Crippen molar-refractivity contribution in [2.45, 2.75) is 27.2 Å². The van der Waals surface area contributed by atoms with Gasteiger partial charge in [-0.2, -0.15) is 0 Å². The molecule has 0 unspecified atom stereocenters. The van der Waals surface area contributed by atoms with E-state index in [1.807, 2.05) is 6.92 Å². The largest absolute Gasteiger partial charge is 0.508 e. The molecule has 0 fully saturated rings. The van der Waals surface area contributed by atoms with Crippen LogP contribution in [0.3, 0.4) is 0 Å². The Kier molecular flexibility index (Phi) is 9.80. The molecule has 0 atom stereocenters. The number of aromatic hydroxyl groups is 1. The van der Waals surface area contributed by atoms with Crippen molar-refractivity contribution in [3.63, 3.8) is 0 Å². The van der Waals surface area contributed by atoms with Crippen molar-refractivity contribution >= 4 is 43.9 Å². The summed E-state index contributed by atoms with van der Waals surface area (Å²) in [4.78, 5) is 48.1. The fourth-order valence-corrected chi connectivity index (χ4v) is 3.86. The third kappa shape index (κ3) is 8.47. The van der Waals surface area contributed by atoms with E-state index in [1.54, 1.807) is 13.8 Å². The molecular weight excluding hydrogens is 466 g/mol. The van der Waals surface area contributed by atoms with E-state index >= 15 is 0 Å². The lowest BCUT2D eigenvalue weighted by Gasteiger charge is -2.20. The first kappa shape index (κ1) is 26.3. The lowest BCUT2D eigenvalue weighted by Crippen LogP contribution is -2.33. The molecule has 8 nitrogen and oxygen atoms in total. The van der Waals surface area contributed by atoms with Gasteiger partial charge in [0.05, 0.1) is 12.0 Å². The zero-order valence-electron chi connectivity index (χ0n) is 18.5. The van der Waals surface area contributed by atoms with E-state index in [0.29, 0.717) is 17.5 Å². The Hall–Kier alpha value is -2.98. The van der Waals surface area contributed by atoms with Gasteiger partial charge in [0, 0.05) is 11.1 Å². The number of nitrogens with one attached hydrogen (secondary N) is 1. The minimum absolute atomic E-state index is 0.0303. The van der Waals surface area contributed by atoms with Gasteiger partial charge in [-0.15, -0.1) is 0 Å². The maximum absolute atomic E-state index is 12.3. The second-order valence-corrected chi connectivity index (χ2v) is 9.58. The Morgan fingerprint density at radius 1 is 0.909 bits per heavy atom. The molecule has 176 valence electrons. The van der Waals surface area contributed by atoms with Gasteiger partial charge < -0.3 is 19.9 Å². The Morgan fingerprint density at radius 2 is 1.42 bits per heavy atom. The van der Waals surface area contributed by atoms with Crippen LogP contribution in [-0.4, -0.2) is 40.6 Å². The van der Waals surface area contributed by atoms with Crippen LogP contribution in [-0.2, 0) is 9.53 Å². The average Bonchev–Trinajstić information content (AvgIpc) is 2.80. The molecule has 0 bridgehead atoms. The first-order chi connectivity index (χ1) is 15.6.